The van der Waals surface area contributed by atoms with E-state index in [0.29, 0.717) is 6.42 Å². The lowest BCUT2D eigenvalue weighted by atomic mass is 10.2. The molecule has 1 aromatic heterocycles. The third-order valence-corrected chi connectivity index (χ3v) is 4.90. The molecule has 0 radical (unpaired) electrons. The topological polar surface area (TPSA) is 59.1 Å². The van der Waals surface area contributed by atoms with Crippen molar-refractivity contribution < 1.29 is 8.42 Å². The van der Waals surface area contributed by atoms with Crippen LogP contribution in [0.3, 0.4) is 0 Å². The summed E-state index contributed by atoms with van der Waals surface area (Å²) in [6, 6.07) is 9.60. The minimum atomic E-state index is -3.25. The summed E-state index contributed by atoms with van der Waals surface area (Å²) in [4.78, 5) is 4.22. The number of sulfonamides is 1. The molecule has 102 valence electrons. The second-order valence-electron chi connectivity index (χ2n) is 4.26. The molecule has 6 heteroatoms. The number of hydrogen-bond donors (Lipinski definition) is 1. The first-order valence-electron chi connectivity index (χ1n) is 5.97. The number of rotatable bonds is 6. The van der Waals surface area contributed by atoms with Crippen LogP contribution in [-0.2, 0) is 23.0 Å². The molecule has 0 aliphatic heterocycles. The van der Waals surface area contributed by atoms with E-state index in [2.05, 4.69) is 9.71 Å². The van der Waals surface area contributed by atoms with E-state index in [1.807, 2.05) is 42.6 Å². The van der Waals surface area contributed by atoms with E-state index in [0.717, 1.165) is 16.3 Å². The summed E-state index contributed by atoms with van der Waals surface area (Å²) in [5.41, 5.74) is 1.95. The predicted molar refractivity (Wildman–Crippen MR) is 77.6 cm³/mol. The molecular formula is C13H16N2O2S2. The average Bonchev–Trinajstić information content (AvgIpc) is 2.82. The van der Waals surface area contributed by atoms with Gasteiger partial charge in [-0.2, -0.15) is 0 Å². The van der Waals surface area contributed by atoms with Crippen molar-refractivity contribution in [3.05, 3.63) is 52.0 Å². The van der Waals surface area contributed by atoms with Gasteiger partial charge in [-0.3, -0.25) is 0 Å². The maximum atomic E-state index is 11.8. The average molecular weight is 296 g/mol. The quantitative estimate of drug-likeness (QED) is 0.888. The first-order chi connectivity index (χ1) is 9.05. The summed E-state index contributed by atoms with van der Waals surface area (Å²) in [5, 5.41) is 2.70. The zero-order valence-electron chi connectivity index (χ0n) is 10.7. The molecule has 0 saturated heterocycles. The maximum absolute atomic E-state index is 11.8. The number of nitrogens with one attached hydrogen (secondary N) is 1. The molecule has 0 amide bonds. The number of aryl methyl sites for hydroxylation is 2. The molecule has 0 atom stereocenters. The van der Waals surface area contributed by atoms with E-state index >= 15 is 0 Å². The van der Waals surface area contributed by atoms with Crippen molar-refractivity contribution in [2.75, 3.05) is 5.75 Å². The Morgan fingerprint density at radius 1 is 1.26 bits per heavy atom. The minimum Gasteiger partial charge on any atom is -0.245 e. The number of thiazole rings is 1. The van der Waals surface area contributed by atoms with Crippen LogP contribution in [0.4, 0.5) is 0 Å². The molecule has 4 nitrogen and oxygen atoms in total. The van der Waals surface area contributed by atoms with Crippen molar-refractivity contribution in [3.63, 3.8) is 0 Å². The zero-order chi connectivity index (χ0) is 13.7. The molecule has 19 heavy (non-hydrogen) atoms. The van der Waals surface area contributed by atoms with Crippen LogP contribution in [0.5, 0.6) is 0 Å². The van der Waals surface area contributed by atoms with Crippen LogP contribution in [0.25, 0.3) is 0 Å². The minimum absolute atomic E-state index is 0.0986. The van der Waals surface area contributed by atoms with Crippen LogP contribution in [0, 0.1) is 6.92 Å². The molecule has 0 bridgehead atoms. The van der Waals surface area contributed by atoms with Crippen LogP contribution in [-0.4, -0.2) is 19.2 Å². The van der Waals surface area contributed by atoms with Crippen molar-refractivity contribution in [2.45, 2.75) is 19.9 Å². The highest BCUT2D eigenvalue weighted by atomic mass is 32.2. The van der Waals surface area contributed by atoms with Gasteiger partial charge >= 0.3 is 0 Å². The maximum Gasteiger partial charge on any atom is 0.212 e. The van der Waals surface area contributed by atoms with Crippen LogP contribution >= 0.6 is 11.3 Å². The molecule has 0 fully saturated rings. The Kier molecular flexibility index (Phi) is 4.68. The molecule has 0 spiro atoms. The van der Waals surface area contributed by atoms with Crippen LogP contribution in [0.2, 0.25) is 0 Å². The van der Waals surface area contributed by atoms with Crippen LogP contribution in [0.1, 0.15) is 16.3 Å². The van der Waals surface area contributed by atoms with E-state index in [9.17, 15) is 8.42 Å². The number of nitrogens with zero attached hydrogens (tertiary/aromatic N) is 1. The molecule has 1 heterocycles. The Morgan fingerprint density at radius 2 is 2.00 bits per heavy atom. The zero-order valence-corrected chi connectivity index (χ0v) is 12.3. The third-order valence-electron chi connectivity index (χ3n) is 2.61. The molecule has 1 aromatic carbocycles. The Labute approximate surface area is 117 Å². The largest absolute Gasteiger partial charge is 0.245 e. The lowest BCUT2D eigenvalue weighted by Gasteiger charge is -2.05. The van der Waals surface area contributed by atoms with Crippen molar-refractivity contribution in [1.82, 2.24) is 9.71 Å². The summed E-state index contributed by atoms with van der Waals surface area (Å²) < 4.78 is 26.3. The molecule has 0 saturated carbocycles. The molecular weight excluding hydrogens is 280 g/mol. The molecule has 0 aliphatic rings. The van der Waals surface area contributed by atoms with Gasteiger partial charge in [-0.1, -0.05) is 30.3 Å². The lowest BCUT2D eigenvalue weighted by Crippen LogP contribution is -2.26. The summed E-state index contributed by atoms with van der Waals surface area (Å²) in [7, 11) is -3.25. The highest BCUT2D eigenvalue weighted by molar-refractivity contribution is 7.89. The van der Waals surface area contributed by atoms with Crippen molar-refractivity contribution in [2.24, 2.45) is 0 Å². The van der Waals surface area contributed by atoms with E-state index in [4.69, 9.17) is 0 Å². The van der Waals surface area contributed by atoms with Gasteiger partial charge in [0.1, 0.15) is 5.01 Å². The Morgan fingerprint density at radius 3 is 2.63 bits per heavy atom. The Balaban J connectivity index is 1.85. The van der Waals surface area contributed by atoms with E-state index in [-0.39, 0.29) is 12.3 Å². The van der Waals surface area contributed by atoms with Crippen LogP contribution in [0.15, 0.2) is 35.7 Å². The van der Waals surface area contributed by atoms with Gasteiger partial charge in [-0.15, -0.1) is 11.3 Å². The monoisotopic (exact) mass is 296 g/mol. The molecule has 0 aliphatic carbocycles. The van der Waals surface area contributed by atoms with E-state index in [1.165, 1.54) is 11.3 Å². The molecule has 2 rings (SSSR count). The lowest BCUT2D eigenvalue weighted by molar-refractivity contribution is 0.580. The summed E-state index contributed by atoms with van der Waals surface area (Å²) in [6.45, 7) is 2.17. The van der Waals surface area contributed by atoms with Gasteiger partial charge in [0.2, 0.25) is 10.0 Å². The highest BCUT2D eigenvalue weighted by Gasteiger charge is 2.11. The standard InChI is InChI=1S/C13H16N2O2S2/c1-11-10-18-13(15-11)9-14-19(16,17)8-7-12-5-3-2-4-6-12/h2-6,10,14H,7-9H2,1H3. The Bertz CT molecular complexity index is 621. The number of benzene rings is 1. The van der Waals surface area contributed by atoms with Gasteiger partial charge in [0.25, 0.3) is 0 Å². The smallest absolute Gasteiger partial charge is 0.212 e. The third kappa shape index (κ3) is 4.74. The van der Waals surface area contributed by atoms with Crippen molar-refractivity contribution >= 4 is 21.4 Å². The summed E-state index contributed by atoms with van der Waals surface area (Å²) in [5.74, 6) is 0.0986. The molecule has 0 unspecified atom stereocenters. The van der Waals surface area contributed by atoms with Gasteiger partial charge < -0.3 is 0 Å². The molecule has 1 N–H and O–H groups in total. The SMILES string of the molecule is Cc1csc(CNS(=O)(=O)CCc2ccccc2)n1. The fourth-order valence-electron chi connectivity index (χ4n) is 1.62. The highest BCUT2D eigenvalue weighted by Crippen LogP contribution is 2.08. The van der Waals surface area contributed by atoms with Gasteiger partial charge in [-0.05, 0) is 18.9 Å². The summed E-state index contributed by atoms with van der Waals surface area (Å²) in [6.07, 6.45) is 0.521. The first kappa shape index (κ1) is 14.2. The fraction of sp³-hybridized carbons (Fsp3) is 0.308. The van der Waals surface area contributed by atoms with Crippen molar-refractivity contribution in [1.29, 1.82) is 0 Å². The van der Waals surface area contributed by atoms with E-state index in [1.54, 1.807) is 0 Å². The van der Waals surface area contributed by atoms with E-state index < -0.39 is 10.0 Å². The summed E-state index contributed by atoms with van der Waals surface area (Å²) >= 11 is 1.47. The second-order valence-corrected chi connectivity index (χ2v) is 7.13. The van der Waals surface area contributed by atoms with Crippen molar-refractivity contribution in [3.8, 4) is 0 Å². The fourth-order valence-corrected chi connectivity index (χ4v) is 3.43. The Hall–Kier alpha value is -1.24. The predicted octanol–water partition coefficient (Wildman–Crippen LogP) is 2.11. The van der Waals surface area contributed by atoms with Gasteiger partial charge in [0, 0.05) is 11.1 Å². The number of aromatic nitrogens is 1. The normalized spacial score (nSPS) is 11.6. The first-order valence-corrected chi connectivity index (χ1v) is 8.51. The number of hydrogen-bond acceptors (Lipinski definition) is 4. The van der Waals surface area contributed by atoms with Gasteiger partial charge in [0.15, 0.2) is 0 Å². The second kappa shape index (κ2) is 6.27. The van der Waals surface area contributed by atoms with Gasteiger partial charge in [-0.25, -0.2) is 18.1 Å². The van der Waals surface area contributed by atoms with Crippen LogP contribution < -0.4 is 4.72 Å². The van der Waals surface area contributed by atoms with Gasteiger partial charge in [0.05, 0.1) is 12.3 Å². The molecule has 2 aromatic rings.